The number of rotatable bonds is 1. The van der Waals surface area contributed by atoms with Crippen LogP contribution in [0.2, 0.25) is 0 Å². The van der Waals surface area contributed by atoms with E-state index in [2.05, 4.69) is 20.8 Å². The molecule has 2 nitrogen and oxygen atoms in total. The smallest absolute Gasteiger partial charge is 0.334 e. The molecule has 1 aliphatic carbocycles. The molecule has 0 saturated carbocycles. The largest absolute Gasteiger partial charge is 0.466 e. The van der Waals surface area contributed by atoms with E-state index in [-0.39, 0.29) is 15.5 Å². The van der Waals surface area contributed by atoms with Crippen molar-refractivity contribution in [2.24, 2.45) is 5.41 Å². The van der Waals surface area contributed by atoms with Crippen molar-refractivity contribution in [1.82, 2.24) is 0 Å². The minimum absolute atomic E-state index is 0.0541. The van der Waals surface area contributed by atoms with Crippen molar-refractivity contribution < 1.29 is 9.53 Å². The molecule has 0 N–H and O–H groups in total. The van der Waals surface area contributed by atoms with Crippen LogP contribution in [0.3, 0.4) is 0 Å². The molecule has 4 heteroatoms. The van der Waals surface area contributed by atoms with E-state index < -0.39 is 0 Å². The quantitative estimate of drug-likeness (QED) is 0.675. The van der Waals surface area contributed by atoms with Gasteiger partial charge in [-0.25, -0.2) is 4.79 Å². The second-order valence-electron chi connectivity index (χ2n) is 5.00. The van der Waals surface area contributed by atoms with Gasteiger partial charge in [0.15, 0.2) is 0 Å². The third-order valence-electron chi connectivity index (χ3n) is 3.44. The summed E-state index contributed by atoms with van der Waals surface area (Å²) in [5.74, 6) is 2.23. The monoisotopic (exact) mass is 258 g/mol. The Bertz CT molecular complexity index is 352. The zero-order chi connectivity index (χ0) is 12.0. The highest BCUT2D eigenvalue weighted by molar-refractivity contribution is 8.21. The van der Waals surface area contributed by atoms with Gasteiger partial charge in [0.05, 0.1) is 11.2 Å². The van der Waals surface area contributed by atoms with Crippen molar-refractivity contribution in [3.8, 4) is 0 Å². The van der Waals surface area contributed by atoms with Crippen molar-refractivity contribution in [2.45, 2.75) is 31.3 Å². The van der Waals surface area contributed by atoms with E-state index in [0.717, 1.165) is 12.0 Å². The molecule has 2 aliphatic rings. The minimum Gasteiger partial charge on any atom is -0.466 e. The van der Waals surface area contributed by atoms with E-state index in [1.807, 2.05) is 23.5 Å². The molecule has 90 valence electrons. The Kier molecular flexibility index (Phi) is 3.08. The van der Waals surface area contributed by atoms with Crippen molar-refractivity contribution in [3.05, 3.63) is 11.1 Å². The van der Waals surface area contributed by atoms with Gasteiger partial charge in [0.25, 0.3) is 0 Å². The lowest BCUT2D eigenvalue weighted by Crippen LogP contribution is -2.21. The topological polar surface area (TPSA) is 26.3 Å². The standard InChI is InChI=1S/C12H18O2S2/c1-8-9(10(13)14-4)11(2,3)7-12(8)15-5-6-16-12/h5-7H2,1-4H3. The van der Waals surface area contributed by atoms with E-state index in [1.165, 1.54) is 24.2 Å². The van der Waals surface area contributed by atoms with Gasteiger partial charge < -0.3 is 4.74 Å². The van der Waals surface area contributed by atoms with E-state index in [4.69, 9.17) is 4.74 Å². The summed E-state index contributed by atoms with van der Waals surface area (Å²) >= 11 is 3.98. The van der Waals surface area contributed by atoms with Gasteiger partial charge in [-0.1, -0.05) is 13.8 Å². The van der Waals surface area contributed by atoms with Crippen molar-refractivity contribution in [3.63, 3.8) is 0 Å². The summed E-state index contributed by atoms with van der Waals surface area (Å²) in [4.78, 5) is 11.9. The van der Waals surface area contributed by atoms with Crippen LogP contribution in [-0.4, -0.2) is 28.7 Å². The number of carbonyl (C=O) groups excluding carboxylic acids is 1. The average molecular weight is 258 g/mol. The summed E-state index contributed by atoms with van der Waals surface area (Å²) < 4.78 is 5.07. The Morgan fingerprint density at radius 2 is 1.88 bits per heavy atom. The van der Waals surface area contributed by atoms with Crippen molar-refractivity contribution in [1.29, 1.82) is 0 Å². The number of esters is 1. The first-order chi connectivity index (χ1) is 7.43. The predicted molar refractivity (Wildman–Crippen MR) is 70.8 cm³/mol. The SMILES string of the molecule is COC(=O)C1=C(C)C2(CC1(C)C)SCCS2. The number of thioether (sulfide) groups is 2. The lowest BCUT2D eigenvalue weighted by atomic mass is 9.85. The summed E-state index contributed by atoms with van der Waals surface area (Å²) in [7, 11) is 1.47. The maximum Gasteiger partial charge on any atom is 0.334 e. The zero-order valence-corrected chi connectivity index (χ0v) is 11.9. The fourth-order valence-corrected chi connectivity index (χ4v) is 6.53. The average Bonchev–Trinajstić information content (AvgIpc) is 2.72. The maximum absolute atomic E-state index is 11.9. The summed E-state index contributed by atoms with van der Waals surface area (Å²) in [6.07, 6.45) is 1.05. The predicted octanol–water partition coefficient (Wildman–Crippen LogP) is 3.08. The second kappa shape index (κ2) is 3.98. The van der Waals surface area contributed by atoms with Gasteiger partial charge in [0.1, 0.15) is 0 Å². The van der Waals surface area contributed by atoms with Gasteiger partial charge in [-0.05, 0) is 24.3 Å². The molecule has 0 aromatic carbocycles. The Labute approximate surface area is 106 Å². The molecule has 0 radical (unpaired) electrons. The van der Waals surface area contributed by atoms with Gasteiger partial charge >= 0.3 is 5.97 Å². The molecule has 0 atom stereocenters. The van der Waals surface area contributed by atoms with Crippen LogP contribution in [0, 0.1) is 5.41 Å². The molecule has 1 saturated heterocycles. The van der Waals surface area contributed by atoms with E-state index in [0.29, 0.717) is 0 Å². The fraction of sp³-hybridized carbons (Fsp3) is 0.750. The lowest BCUT2D eigenvalue weighted by molar-refractivity contribution is -0.137. The molecule has 1 heterocycles. The van der Waals surface area contributed by atoms with Gasteiger partial charge in [-0.2, -0.15) is 0 Å². The molecule has 1 spiro atoms. The lowest BCUT2D eigenvalue weighted by Gasteiger charge is -2.26. The van der Waals surface area contributed by atoms with Gasteiger partial charge in [0.2, 0.25) is 0 Å². The first-order valence-corrected chi connectivity index (χ1v) is 7.48. The Hall–Kier alpha value is -0.0900. The number of hydrogen-bond donors (Lipinski definition) is 0. The van der Waals surface area contributed by atoms with Crippen LogP contribution in [0.25, 0.3) is 0 Å². The summed E-state index contributed by atoms with van der Waals surface area (Å²) in [5.41, 5.74) is 2.08. The summed E-state index contributed by atoms with van der Waals surface area (Å²) in [6, 6.07) is 0. The number of hydrogen-bond acceptors (Lipinski definition) is 4. The Morgan fingerprint density at radius 3 is 2.38 bits per heavy atom. The molecule has 16 heavy (non-hydrogen) atoms. The molecule has 0 bridgehead atoms. The molecule has 0 unspecified atom stereocenters. The first-order valence-electron chi connectivity index (χ1n) is 5.51. The first kappa shape index (κ1) is 12.4. The van der Waals surface area contributed by atoms with E-state index in [9.17, 15) is 4.79 Å². The van der Waals surface area contributed by atoms with Crippen molar-refractivity contribution in [2.75, 3.05) is 18.6 Å². The van der Waals surface area contributed by atoms with Crippen LogP contribution >= 0.6 is 23.5 Å². The van der Waals surface area contributed by atoms with Crippen LogP contribution in [0.1, 0.15) is 27.2 Å². The fourth-order valence-electron chi connectivity index (χ4n) is 2.81. The number of ether oxygens (including phenoxy) is 1. The molecule has 0 amide bonds. The van der Waals surface area contributed by atoms with Crippen LogP contribution in [0.4, 0.5) is 0 Å². The van der Waals surface area contributed by atoms with Crippen molar-refractivity contribution >= 4 is 29.5 Å². The van der Waals surface area contributed by atoms with Crippen LogP contribution < -0.4 is 0 Å². The minimum atomic E-state index is -0.146. The van der Waals surface area contributed by atoms with Crippen LogP contribution in [0.5, 0.6) is 0 Å². The molecule has 0 aromatic rings. The number of methoxy groups -OCH3 is 1. The van der Waals surface area contributed by atoms with Crippen LogP contribution in [0.15, 0.2) is 11.1 Å². The van der Waals surface area contributed by atoms with Gasteiger partial charge in [-0.15, -0.1) is 23.5 Å². The molecular formula is C12H18O2S2. The normalized spacial score (nSPS) is 26.5. The highest BCUT2D eigenvalue weighted by Gasteiger charge is 2.52. The zero-order valence-electron chi connectivity index (χ0n) is 10.3. The highest BCUT2D eigenvalue weighted by Crippen LogP contribution is 2.62. The molecule has 1 fully saturated rings. The molecular weight excluding hydrogens is 240 g/mol. The van der Waals surface area contributed by atoms with Gasteiger partial charge in [-0.3, -0.25) is 0 Å². The second-order valence-corrected chi connectivity index (χ2v) is 8.05. The Morgan fingerprint density at radius 1 is 1.31 bits per heavy atom. The van der Waals surface area contributed by atoms with E-state index >= 15 is 0 Å². The molecule has 1 aliphatic heterocycles. The van der Waals surface area contributed by atoms with E-state index in [1.54, 1.807) is 0 Å². The van der Waals surface area contributed by atoms with Gasteiger partial charge in [0, 0.05) is 17.1 Å². The Balaban J connectivity index is 2.44. The summed E-state index contributed by atoms with van der Waals surface area (Å²) in [6.45, 7) is 6.40. The third-order valence-corrected chi connectivity index (χ3v) is 7.06. The summed E-state index contributed by atoms with van der Waals surface area (Å²) in [5, 5.41) is 0. The number of carbonyl (C=O) groups is 1. The third kappa shape index (κ3) is 1.70. The van der Waals surface area contributed by atoms with Crippen LogP contribution in [-0.2, 0) is 9.53 Å². The highest BCUT2D eigenvalue weighted by atomic mass is 32.2. The molecule has 2 rings (SSSR count). The molecule has 0 aromatic heterocycles. The maximum atomic E-state index is 11.9.